The Morgan fingerprint density at radius 1 is 0.320 bits per heavy atom. The summed E-state index contributed by atoms with van der Waals surface area (Å²) in [5.74, 6) is 0. The molecule has 0 aliphatic heterocycles. The minimum Gasteiger partial charge on any atom is -0.355 e. The summed E-state index contributed by atoms with van der Waals surface area (Å²) in [5.41, 5.74) is 15.2. The second kappa shape index (κ2) is 12.8. The third-order valence-electron chi connectivity index (χ3n) is 9.57. The monoisotopic (exact) mass is 638 g/mol. The molecule has 0 fully saturated rings. The fourth-order valence-electron chi connectivity index (χ4n) is 7.11. The molecule has 0 unspecified atom stereocenters. The number of para-hydroxylation sites is 2. The van der Waals surface area contributed by atoms with Crippen molar-refractivity contribution in [1.29, 1.82) is 0 Å². The molecular weight excluding hydrogens is 605 g/mol. The van der Waals surface area contributed by atoms with E-state index in [9.17, 15) is 0 Å². The Labute approximate surface area is 292 Å². The van der Waals surface area contributed by atoms with Gasteiger partial charge < -0.3 is 9.88 Å². The molecule has 8 aromatic carbocycles. The van der Waals surface area contributed by atoms with Gasteiger partial charge in [0.2, 0.25) is 0 Å². The smallest absolute Gasteiger partial charge is 0.0547 e. The van der Waals surface area contributed by atoms with Crippen molar-refractivity contribution >= 4 is 33.2 Å². The Bertz CT molecular complexity index is 2590. The molecule has 0 aliphatic rings. The largest absolute Gasteiger partial charge is 0.355 e. The minimum atomic E-state index is 1.07. The summed E-state index contributed by atoms with van der Waals surface area (Å²) >= 11 is 0. The van der Waals surface area contributed by atoms with E-state index in [0.29, 0.717) is 0 Å². The van der Waals surface area contributed by atoms with Crippen molar-refractivity contribution in [2.24, 2.45) is 0 Å². The molecule has 0 amide bonds. The van der Waals surface area contributed by atoms with Gasteiger partial charge in [0, 0.05) is 33.4 Å². The van der Waals surface area contributed by atoms with Crippen LogP contribution >= 0.6 is 0 Å². The van der Waals surface area contributed by atoms with Gasteiger partial charge in [-0.15, -0.1) is 0 Å². The normalized spacial score (nSPS) is 11.2. The van der Waals surface area contributed by atoms with Crippen molar-refractivity contribution in [3.05, 3.63) is 200 Å². The quantitative estimate of drug-likeness (QED) is 0.184. The van der Waals surface area contributed by atoms with E-state index in [0.717, 1.165) is 17.1 Å². The van der Waals surface area contributed by atoms with Crippen LogP contribution in [0, 0.1) is 0 Å². The second-order valence-electron chi connectivity index (χ2n) is 12.7. The lowest BCUT2D eigenvalue weighted by molar-refractivity contribution is 1.18. The van der Waals surface area contributed by atoms with Gasteiger partial charge in [0.15, 0.2) is 0 Å². The molecule has 9 aromatic rings. The maximum Gasteiger partial charge on any atom is 0.0547 e. The van der Waals surface area contributed by atoms with Crippen LogP contribution in [0.25, 0.3) is 72.0 Å². The van der Waals surface area contributed by atoms with E-state index in [4.69, 9.17) is 0 Å². The zero-order valence-electron chi connectivity index (χ0n) is 27.5. The summed E-state index contributed by atoms with van der Waals surface area (Å²) in [6.07, 6.45) is 0. The minimum absolute atomic E-state index is 1.07. The topological polar surface area (TPSA) is 17.0 Å². The Kier molecular flexibility index (Phi) is 7.53. The number of aromatic nitrogens is 1. The number of rotatable bonds is 7. The molecule has 0 atom stereocenters. The van der Waals surface area contributed by atoms with E-state index in [2.05, 4.69) is 204 Å². The summed E-state index contributed by atoms with van der Waals surface area (Å²) < 4.78 is 2.40. The number of benzene rings is 8. The van der Waals surface area contributed by atoms with Crippen molar-refractivity contribution in [2.75, 3.05) is 5.32 Å². The predicted octanol–water partition coefficient (Wildman–Crippen LogP) is 13.2. The van der Waals surface area contributed by atoms with E-state index in [-0.39, 0.29) is 0 Å². The summed E-state index contributed by atoms with van der Waals surface area (Å²) in [4.78, 5) is 0. The van der Waals surface area contributed by atoms with E-state index in [1.165, 1.54) is 66.3 Å². The molecule has 0 aliphatic carbocycles. The first kappa shape index (κ1) is 29.5. The molecule has 1 aromatic heterocycles. The maximum absolute atomic E-state index is 3.65. The number of hydrogen-bond acceptors (Lipinski definition) is 1. The van der Waals surface area contributed by atoms with Gasteiger partial charge in [0.1, 0.15) is 0 Å². The summed E-state index contributed by atoms with van der Waals surface area (Å²) in [6.45, 7) is 0. The highest BCUT2D eigenvalue weighted by Crippen LogP contribution is 2.39. The van der Waals surface area contributed by atoms with Gasteiger partial charge in [-0.2, -0.15) is 0 Å². The summed E-state index contributed by atoms with van der Waals surface area (Å²) in [7, 11) is 0. The Morgan fingerprint density at radius 2 is 0.860 bits per heavy atom. The summed E-state index contributed by atoms with van der Waals surface area (Å²) in [6, 6.07) is 71.7. The number of hydrogen-bond donors (Lipinski definition) is 1. The summed E-state index contributed by atoms with van der Waals surface area (Å²) in [5, 5.41) is 6.12. The van der Waals surface area contributed by atoms with Crippen LogP contribution in [0.15, 0.2) is 200 Å². The molecule has 1 heterocycles. The fourth-order valence-corrected chi connectivity index (χ4v) is 7.11. The molecule has 2 nitrogen and oxygen atoms in total. The molecule has 2 heteroatoms. The maximum atomic E-state index is 3.65. The van der Waals surface area contributed by atoms with Crippen molar-refractivity contribution in [3.8, 4) is 50.2 Å². The van der Waals surface area contributed by atoms with E-state index >= 15 is 0 Å². The highest BCUT2D eigenvalue weighted by Gasteiger charge is 2.16. The Balaban J connectivity index is 1.19. The van der Waals surface area contributed by atoms with Gasteiger partial charge in [-0.05, 0) is 99.6 Å². The van der Waals surface area contributed by atoms with Crippen LogP contribution in [0.3, 0.4) is 0 Å². The Hall–Kier alpha value is -6.64. The SMILES string of the molecule is c1ccc(Nc2ccc(-c3ccc4c(c3)c3ccc(-c5cccc(-c6ccccc6)c5)cc3n4-c3ccccc3)cc2-c2ccccc2)cc1. The molecule has 0 spiro atoms. The average molecular weight is 639 g/mol. The molecule has 0 saturated heterocycles. The Morgan fingerprint density at radius 3 is 1.60 bits per heavy atom. The van der Waals surface area contributed by atoms with Crippen LogP contribution in [0.1, 0.15) is 0 Å². The fraction of sp³-hybridized carbons (Fsp3) is 0. The standard InChI is InChI=1S/C48H34N2/c1-5-14-34(15-6-1)36-18-13-19-37(30-36)40-24-27-43-45-32-39(26-29-47(45)50(48(43)33-40)42-22-11-4-12-23-42)38-25-28-46(49-41-20-9-3-10-21-41)44(31-38)35-16-7-2-8-17-35/h1-33,49H. The lowest BCUT2D eigenvalue weighted by Gasteiger charge is -2.15. The zero-order valence-corrected chi connectivity index (χ0v) is 27.5. The number of anilines is 2. The second-order valence-corrected chi connectivity index (χ2v) is 12.7. The number of nitrogens with one attached hydrogen (secondary N) is 1. The van der Waals surface area contributed by atoms with E-state index in [1.54, 1.807) is 0 Å². The van der Waals surface area contributed by atoms with Gasteiger partial charge in [0.25, 0.3) is 0 Å². The third-order valence-corrected chi connectivity index (χ3v) is 9.57. The molecule has 0 saturated carbocycles. The van der Waals surface area contributed by atoms with Crippen LogP contribution in [-0.2, 0) is 0 Å². The molecule has 236 valence electrons. The number of nitrogens with zero attached hydrogens (tertiary/aromatic N) is 1. The first-order chi connectivity index (χ1) is 24.8. The van der Waals surface area contributed by atoms with Gasteiger partial charge in [-0.3, -0.25) is 0 Å². The van der Waals surface area contributed by atoms with E-state index < -0.39 is 0 Å². The van der Waals surface area contributed by atoms with Crippen LogP contribution < -0.4 is 5.32 Å². The third kappa shape index (κ3) is 5.53. The van der Waals surface area contributed by atoms with Crippen LogP contribution in [0.4, 0.5) is 11.4 Å². The van der Waals surface area contributed by atoms with Crippen molar-refractivity contribution in [2.45, 2.75) is 0 Å². The molecule has 1 N–H and O–H groups in total. The van der Waals surface area contributed by atoms with Crippen molar-refractivity contribution < 1.29 is 0 Å². The molecule has 0 bridgehead atoms. The molecule has 9 rings (SSSR count). The molecule has 0 radical (unpaired) electrons. The van der Waals surface area contributed by atoms with Crippen molar-refractivity contribution in [1.82, 2.24) is 4.57 Å². The van der Waals surface area contributed by atoms with Crippen LogP contribution in [0.5, 0.6) is 0 Å². The van der Waals surface area contributed by atoms with Gasteiger partial charge in [-0.25, -0.2) is 0 Å². The zero-order chi connectivity index (χ0) is 33.3. The van der Waals surface area contributed by atoms with Gasteiger partial charge in [-0.1, -0.05) is 140 Å². The lowest BCUT2D eigenvalue weighted by Crippen LogP contribution is -1.94. The predicted molar refractivity (Wildman–Crippen MR) is 212 cm³/mol. The first-order valence-electron chi connectivity index (χ1n) is 17.1. The molecular formula is C48H34N2. The average Bonchev–Trinajstić information content (AvgIpc) is 3.52. The van der Waals surface area contributed by atoms with Gasteiger partial charge in [0.05, 0.1) is 11.0 Å². The molecule has 50 heavy (non-hydrogen) atoms. The highest BCUT2D eigenvalue weighted by molar-refractivity contribution is 6.11. The first-order valence-corrected chi connectivity index (χ1v) is 17.1. The number of fused-ring (bicyclic) bond motifs is 3. The van der Waals surface area contributed by atoms with Crippen molar-refractivity contribution in [3.63, 3.8) is 0 Å². The van der Waals surface area contributed by atoms with Crippen LogP contribution in [0.2, 0.25) is 0 Å². The van der Waals surface area contributed by atoms with Gasteiger partial charge >= 0.3 is 0 Å². The van der Waals surface area contributed by atoms with E-state index in [1.807, 2.05) is 6.07 Å². The lowest BCUT2D eigenvalue weighted by atomic mass is 9.96. The highest BCUT2D eigenvalue weighted by atomic mass is 15.0. The van der Waals surface area contributed by atoms with Crippen LogP contribution in [-0.4, -0.2) is 4.57 Å².